The van der Waals surface area contributed by atoms with Gasteiger partial charge in [0.1, 0.15) is 17.0 Å². The molecule has 0 bridgehead atoms. The standard InChI is InChI=1S/C27H38NO5/c1-28(2,3)23-17-15-22(16-18-23)21-26(29)33-20-12-8-6-5-7-11-19-32-25-14-10-9-13-24(25)27(30)31-4/h9-10,13-18H,5-8,11-12,19-21H2,1-4H3/q+1. The van der Waals surface area contributed by atoms with Gasteiger partial charge >= 0.3 is 11.9 Å². The summed E-state index contributed by atoms with van der Waals surface area (Å²) in [4.78, 5) is 23.8. The Morgan fingerprint density at radius 1 is 0.788 bits per heavy atom. The van der Waals surface area contributed by atoms with Crippen molar-refractivity contribution in [1.29, 1.82) is 0 Å². The molecule has 0 fully saturated rings. The van der Waals surface area contributed by atoms with E-state index in [1.807, 2.05) is 18.2 Å². The first-order valence-electron chi connectivity index (χ1n) is 11.7. The zero-order valence-corrected chi connectivity index (χ0v) is 20.5. The zero-order chi connectivity index (χ0) is 24.1. The maximum Gasteiger partial charge on any atom is 0.341 e. The number of carbonyl (C=O) groups is 2. The zero-order valence-electron chi connectivity index (χ0n) is 20.5. The molecule has 33 heavy (non-hydrogen) atoms. The van der Waals surface area contributed by atoms with Gasteiger partial charge in [0.2, 0.25) is 0 Å². The van der Waals surface area contributed by atoms with E-state index < -0.39 is 0 Å². The van der Waals surface area contributed by atoms with Gasteiger partial charge in [-0.3, -0.25) is 9.28 Å². The number of hydrogen-bond donors (Lipinski definition) is 0. The fourth-order valence-corrected chi connectivity index (χ4v) is 3.43. The highest BCUT2D eigenvalue weighted by molar-refractivity contribution is 5.92. The second kappa shape index (κ2) is 13.6. The molecule has 0 aliphatic rings. The van der Waals surface area contributed by atoms with Crippen LogP contribution in [0.1, 0.15) is 54.4 Å². The largest absolute Gasteiger partial charge is 0.493 e. The molecule has 180 valence electrons. The van der Waals surface area contributed by atoms with E-state index in [1.165, 1.54) is 12.8 Å². The van der Waals surface area contributed by atoms with Gasteiger partial charge in [0.25, 0.3) is 0 Å². The van der Waals surface area contributed by atoms with E-state index in [0.29, 0.717) is 30.9 Å². The fourth-order valence-electron chi connectivity index (χ4n) is 3.43. The summed E-state index contributed by atoms with van der Waals surface area (Å²) >= 11 is 0. The second-order valence-corrected chi connectivity index (χ2v) is 9.03. The van der Waals surface area contributed by atoms with Crippen LogP contribution in [-0.4, -0.2) is 53.4 Å². The molecule has 0 N–H and O–H groups in total. The molecular weight excluding hydrogens is 418 g/mol. The van der Waals surface area contributed by atoms with Gasteiger partial charge < -0.3 is 14.2 Å². The highest BCUT2D eigenvalue weighted by Gasteiger charge is 2.13. The molecule has 6 heteroatoms. The topological polar surface area (TPSA) is 61.8 Å². The van der Waals surface area contributed by atoms with Crippen LogP contribution in [0.3, 0.4) is 0 Å². The molecule has 0 radical (unpaired) electrons. The van der Waals surface area contributed by atoms with Crippen LogP contribution in [0.5, 0.6) is 5.75 Å². The van der Waals surface area contributed by atoms with Crippen molar-refractivity contribution in [3.05, 3.63) is 59.7 Å². The summed E-state index contributed by atoms with van der Waals surface area (Å²) in [5.74, 6) is 0.0110. The number of quaternary nitrogens is 1. The second-order valence-electron chi connectivity index (χ2n) is 9.03. The molecule has 0 saturated carbocycles. The van der Waals surface area contributed by atoms with E-state index in [4.69, 9.17) is 14.2 Å². The summed E-state index contributed by atoms with van der Waals surface area (Å²) in [6.07, 6.45) is 6.43. The SMILES string of the molecule is COC(=O)c1ccccc1OCCCCCCCCOC(=O)Cc1ccc([N+](C)(C)C)cc1. The van der Waals surface area contributed by atoms with Crippen molar-refractivity contribution in [3.63, 3.8) is 0 Å². The van der Waals surface area contributed by atoms with E-state index >= 15 is 0 Å². The van der Waals surface area contributed by atoms with E-state index in [1.54, 1.807) is 18.2 Å². The fraction of sp³-hybridized carbons (Fsp3) is 0.481. The number of hydrogen-bond acceptors (Lipinski definition) is 5. The number of carbonyl (C=O) groups excluding carboxylic acids is 2. The van der Waals surface area contributed by atoms with Crippen molar-refractivity contribution in [2.24, 2.45) is 0 Å². The number of methoxy groups -OCH3 is 1. The Balaban J connectivity index is 1.50. The first-order valence-corrected chi connectivity index (χ1v) is 11.7. The molecule has 2 rings (SSSR count). The van der Waals surface area contributed by atoms with E-state index in [2.05, 4.69) is 33.3 Å². The van der Waals surface area contributed by atoms with Crippen molar-refractivity contribution in [2.75, 3.05) is 41.5 Å². The van der Waals surface area contributed by atoms with Crippen molar-refractivity contribution in [1.82, 2.24) is 4.48 Å². The van der Waals surface area contributed by atoms with Crippen molar-refractivity contribution in [3.8, 4) is 5.75 Å². The maximum absolute atomic E-state index is 12.0. The van der Waals surface area contributed by atoms with Crippen LogP contribution in [0.25, 0.3) is 0 Å². The van der Waals surface area contributed by atoms with Gasteiger partial charge in [-0.1, -0.05) is 49.9 Å². The van der Waals surface area contributed by atoms with Crippen LogP contribution in [0.15, 0.2) is 48.5 Å². The number of rotatable bonds is 14. The average Bonchev–Trinajstić information content (AvgIpc) is 2.79. The predicted octanol–water partition coefficient (Wildman–Crippen LogP) is 5.18. The lowest BCUT2D eigenvalue weighted by atomic mass is 10.1. The molecule has 0 spiro atoms. The average molecular weight is 457 g/mol. The first-order chi connectivity index (χ1) is 15.8. The minimum absolute atomic E-state index is 0.169. The van der Waals surface area contributed by atoms with Crippen molar-refractivity contribution >= 4 is 17.6 Å². The van der Waals surface area contributed by atoms with Crippen molar-refractivity contribution in [2.45, 2.75) is 44.9 Å². The highest BCUT2D eigenvalue weighted by atomic mass is 16.5. The Morgan fingerprint density at radius 2 is 1.39 bits per heavy atom. The van der Waals surface area contributed by atoms with Gasteiger partial charge in [0, 0.05) is 0 Å². The smallest absolute Gasteiger partial charge is 0.341 e. The molecule has 2 aromatic rings. The van der Waals surface area contributed by atoms with E-state index in [9.17, 15) is 9.59 Å². The minimum atomic E-state index is -0.385. The lowest BCUT2D eigenvalue weighted by Gasteiger charge is -2.23. The lowest BCUT2D eigenvalue weighted by molar-refractivity contribution is -0.142. The molecular formula is C27H38NO5+. The molecule has 0 aliphatic carbocycles. The molecule has 0 amide bonds. The van der Waals surface area contributed by atoms with Gasteiger partial charge in [0.05, 0.1) is 47.9 Å². The number of para-hydroxylation sites is 1. The predicted molar refractivity (Wildman–Crippen MR) is 132 cm³/mol. The van der Waals surface area contributed by atoms with Crippen LogP contribution in [0, 0.1) is 0 Å². The Bertz CT molecular complexity index is 871. The Labute approximate surface area is 198 Å². The molecule has 2 aromatic carbocycles. The number of benzene rings is 2. The third-order valence-electron chi connectivity index (χ3n) is 5.41. The van der Waals surface area contributed by atoms with Crippen LogP contribution in [0.2, 0.25) is 0 Å². The van der Waals surface area contributed by atoms with Crippen LogP contribution >= 0.6 is 0 Å². The summed E-state index contributed by atoms with van der Waals surface area (Å²) in [7, 11) is 7.71. The quantitative estimate of drug-likeness (QED) is 0.223. The lowest BCUT2D eigenvalue weighted by Crippen LogP contribution is -2.34. The number of ether oxygens (including phenoxy) is 3. The molecule has 0 saturated heterocycles. The van der Waals surface area contributed by atoms with Crippen LogP contribution in [0.4, 0.5) is 5.69 Å². The van der Waals surface area contributed by atoms with E-state index in [0.717, 1.165) is 48.6 Å². The summed E-state index contributed by atoms with van der Waals surface area (Å²) in [5, 5.41) is 0. The van der Waals surface area contributed by atoms with Gasteiger partial charge in [-0.05, 0) is 42.7 Å². The molecule has 0 aromatic heterocycles. The van der Waals surface area contributed by atoms with Gasteiger partial charge in [0.15, 0.2) is 0 Å². The molecule has 6 nitrogen and oxygen atoms in total. The molecule has 0 atom stereocenters. The van der Waals surface area contributed by atoms with Crippen LogP contribution in [-0.2, 0) is 20.7 Å². The monoisotopic (exact) mass is 456 g/mol. The maximum atomic E-state index is 12.0. The third kappa shape index (κ3) is 9.66. The van der Waals surface area contributed by atoms with Crippen molar-refractivity contribution < 1.29 is 23.8 Å². The normalized spacial score (nSPS) is 11.2. The Morgan fingerprint density at radius 3 is 2.03 bits per heavy atom. The Kier molecular flexibility index (Phi) is 10.9. The summed E-state index contributed by atoms with van der Waals surface area (Å²) in [5.41, 5.74) is 2.63. The molecule has 0 aliphatic heterocycles. The summed E-state index contributed by atoms with van der Waals surface area (Å²) in [6.45, 7) is 1.05. The van der Waals surface area contributed by atoms with Gasteiger partial charge in [-0.15, -0.1) is 0 Å². The number of nitrogens with zero attached hydrogens (tertiary/aromatic N) is 1. The van der Waals surface area contributed by atoms with E-state index in [-0.39, 0.29) is 11.9 Å². The van der Waals surface area contributed by atoms with Gasteiger partial charge in [-0.2, -0.15) is 0 Å². The summed E-state index contributed by atoms with van der Waals surface area (Å²) in [6, 6.07) is 15.2. The van der Waals surface area contributed by atoms with Gasteiger partial charge in [-0.25, -0.2) is 4.79 Å². The Hall–Kier alpha value is -2.86. The molecule has 0 unspecified atom stereocenters. The first kappa shape index (κ1) is 26.4. The van der Waals surface area contributed by atoms with Crippen LogP contribution < -0.4 is 9.22 Å². The molecule has 0 heterocycles. The summed E-state index contributed by atoms with van der Waals surface area (Å²) < 4.78 is 16.6. The number of unbranched alkanes of at least 4 members (excludes halogenated alkanes) is 5. The minimum Gasteiger partial charge on any atom is -0.493 e. The highest BCUT2D eigenvalue weighted by Crippen LogP contribution is 2.20. The number of esters is 2. The third-order valence-corrected chi connectivity index (χ3v) is 5.41.